The SMILES string of the molecule is O=C(c1cccc2cnccc12)N1CCCC2(C=Cc3ccccc3O2)CC1. The highest BCUT2D eigenvalue weighted by Gasteiger charge is 2.36. The molecule has 4 nitrogen and oxygen atoms in total. The maximum Gasteiger partial charge on any atom is 0.254 e. The number of aromatic nitrogens is 1. The number of carbonyl (C=O) groups is 1. The quantitative estimate of drug-likeness (QED) is 0.623. The Labute approximate surface area is 164 Å². The molecule has 28 heavy (non-hydrogen) atoms. The number of ether oxygens (including phenoxy) is 1. The summed E-state index contributed by atoms with van der Waals surface area (Å²) in [6.45, 7) is 1.44. The molecule has 2 aliphatic heterocycles. The third kappa shape index (κ3) is 2.95. The van der Waals surface area contributed by atoms with E-state index in [0.717, 1.165) is 53.5 Å². The number of nitrogens with zero attached hydrogens (tertiary/aromatic N) is 2. The average Bonchev–Trinajstić information content (AvgIpc) is 2.95. The Morgan fingerprint density at radius 2 is 1.96 bits per heavy atom. The number of benzene rings is 2. The first kappa shape index (κ1) is 17.0. The van der Waals surface area contributed by atoms with Crippen molar-refractivity contribution in [3.05, 3.63) is 78.1 Å². The van der Waals surface area contributed by atoms with Gasteiger partial charge in [-0.3, -0.25) is 9.78 Å². The van der Waals surface area contributed by atoms with Gasteiger partial charge in [0.05, 0.1) is 0 Å². The van der Waals surface area contributed by atoms with Crippen LogP contribution in [0.15, 0.2) is 67.0 Å². The summed E-state index contributed by atoms with van der Waals surface area (Å²) < 4.78 is 6.41. The van der Waals surface area contributed by atoms with Gasteiger partial charge >= 0.3 is 0 Å². The maximum absolute atomic E-state index is 13.3. The molecule has 1 spiro atoms. The summed E-state index contributed by atoms with van der Waals surface area (Å²) >= 11 is 0. The van der Waals surface area contributed by atoms with Gasteiger partial charge in [-0.15, -0.1) is 0 Å². The van der Waals surface area contributed by atoms with Crippen LogP contribution in [0.2, 0.25) is 0 Å². The maximum atomic E-state index is 13.3. The predicted octanol–water partition coefficient (Wildman–Crippen LogP) is 4.71. The Hall–Kier alpha value is -3.14. The monoisotopic (exact) mass is 370 g/mol. The molecule has 1 fully saturated rings. The van der Waals surface area contributed by atoms with Gasteiger partial charge in [0.25, 0.3) is 5.91 Å². The lowest BCUT2D eigenvalue weighted by atomic mass is 9.91. The minimum absolute atomic E-state index is 0.0917. The van der Waals surface area contributed by atoms with Crippen LogP contribution in [0.4, 0.5) is 0 Å². The lowest BCUT2D eigenvalue weighted by Gasteiger charge is -2.34. The number of likely N-dealkylation sites (tertiary alicyclic amines) is 1. The molecule has 2 aromatic carbocycles. The number of para-hydroxylation sites is 1. The summed E-state index contributed by atoms with van der Waals surface area (Å²) in [5.41, 5.74) is 1.56. The molecule has 0 saturated carbocycles. The zero-order valence-electron chi connectivity index (χ0n) is 15.7. The molecular weight excluding hydrogens is 348 g/mol. The molecule has 0 aliphatic carbocycles. The first-order chi connectivity index (χ1) is 13.7. The molecule has 1 atom stereocenters. The predicted molar refractivity (Wildman–Crippen MR) is 110 cm³/mol. The fourth-order valence-corrected chi connectivity index (χ4v) is 4.29. The number of fused-ring (bicyclic) bond motifs is 2. The van der Waals surface area contributed by atoms with Crippen molar-refractivity contribution in [1.29, 1.82) is 0 Å². The topological polar surface area (TPSA) is 42.4 Å². The largest absolute Gasteiger partial charge is 0.483 e. The van der Waals surface area contributed by atoms with Gasteiger partial charge in [-0.2, -0.15) is 0 Å². The van der Waals surface area contributed by atoms with E-state index in [4.69, 9.17) is 4.74 Å². The van der Waals surface area contributed by atoms with E-state index in [2.05, 4.69) is 23.2 Å². The molecule has 1 saturated heterocycles. The average molecular weight is 370 g/mol. The molecule has 0 bridgehead atoms. The van der Waals surface area contributed by atoms with E-state index in [1.165, 1.54) is 0 Å². The molecule has 4 heteroatoms. The molecule has 2 aliphatic rings. The Morgan fingerprint density at radius 3 is 2.93 bits per heavy atom. The Bertz CT molecular complexity index is 1070. The van der Waals surface area contributed by atoms with Crippen molar-refractivity contribution in [3.63, 3.8) is 0 Å². The lowest BCUT2D eigenvalue weighted by Crippen LogP contribution is -2.38. The second-order valence-electron chi connectivity index (χ2n) is 7.59. The number of hydrogen-bond acceptors (Lipinski definition) is 3. The molecule has 0 N–H and O–H groups in total. The van der Waals surface area contributed by atoms with Gasteiger partial charge in [0.1, 0.15) is 11.4 Å². The van der Waals surface area contributed by atoms with E-state index < -0.39 is 0 Å². The first-order valence-corrected chi connectivity index (χ1v) is 9.83. The van der Waals surface area contributed by atoms with Gasteiger partial charge in [0.2, 0.25) is 0 Å². The normalized spacial score (nSPS) is 21.2. The van der Waals surface area contributed by atoms with Gasteiger partial charge < -0.3 is 9.64 Å². The third-order valence-corrected chi connectivity index (χ3v) is 5.83. The van der Waals surface area contributed by atoms with Crippen LogP contribution in [0.3, 0.4) is 0 Å². The summed E-state index contributed by atoms with van der Waals surface area (Å²) in [6, 6.07) is 15.9. The van der Waals surface area contributed by atoms with Gasteiger partial charge in [-0.25, -0.2) is 0 Å². The number of amides is 1. The second-order valence-corrected chi connectivity index (χ2v) is 7.59. The first-order valence-electron chi connectivity index (χ1n) is 9.83. The molecule has 5 rings (SSSR count). The highest BCUT2D eigenvalue weighted by Crippen LogP contribution is 2.37. The van der Waals surface area contributed by atoms with Crippen LogP contribution in [0.25, 0.3) is 16.8 Å². The number of hydrogen-bond donors (Lipinski definition) is 0. The van der Waals surface area contributed by atoms with Crippen molar-refractivity contribution in [2.45, 2.75) is 24.9 Å². The minimum Gasteiger partial charge on any atom is -0.483 e. The summed E-state index contributed by atoms with van der Waals surface area (Å²) in [4.78, 5) is 19.4. The number of pyridine rings is 1. The van der Waals surface area contributed by atoms with Crippen LogP contribution in [-0.2, 0) is 0 Å². The van der Waals surface area contributed by atoms with Gasteiger partial charge in [-0.1, -0.05) is 36.4 Å². The zero-order valence-corrected chi connectivity index (χ0v) is 15.7. The van der Waals surface area contributed by atoms with E-state index in [9.17, 15) is 4.79 Å². The third-order valence-electron chi connectivity index (χ3n) is 5.83. The van der Waals surface area contributed by atoms with E-state index in [-0.39, 0.29) is 11.5 Å². The molecule has 3 aromatic rings. The summed E-state index contributed by atoms with van der Waals surface area (Å²) in [7, 11) is 0. The molecule has 1 aromatic heterocycles. The Kier molecular flexibility index (Phi) is 4.12. The van der Waals surface area contributed by atoms with Crippen molar-refractivity contribution < 1.29 is 9.53 Å². The summed E-state index contributed by atoms with van der Waals surface area (Å²) in [5, 5.41) is 1.96. The summed E-state index contributed by atoms with van der Waals surface area (Å²) in [5.74, 6) is 1.03. The van der Waals surface area contributed by atoms with E-state index in [0.29, 0.717) is 6.54 Å². The molecule has 1 unspecified atom stereocenters. The van der Waals surface area contributed by atoms with Gasteiger partial charge in [-0.05, 0) is 42.5 Å². The highest BCUT2D eigenvalue weighted by molar-refractivity contribution is 6.06. The smallest absolute Gasteiger partial charge is 0.254 e. The fourth-order valence-electron chi connectivity index (χ4n) is 4.29. The van der Waals surface area contributed by atoms with Crippen LogP contribution in [-0.4, -0.2) is 34.5 Å². The molecule has 0 radical (unpaired) electrons. The molecule has 3 heterocycles. The van der Waals surface area contributed by atoms with Crippen molar-refractivity contribution in [2.24, 2.45) is 0 Å². The minimum atomic E-state index is -0.313. The van der Waals surface area contributed by atoms with Crippen molar-refractivity contribution in [2.75, 3.05) is 13.1 Å². The van der Waals surface area contributed by atoms with E-state index in [1.807, 2.05) is 53.6 Å². The lowest BCUT2D eigenvalue weighted by molar-refractivity contribution is 0.0732. The van der Waals surface area contributed by atoms with Crippen LogP contribution in [0.5, 0.6) is 5.75 Å². The molecule has 140 valence electrons. The van der Waals surface area contributed by atoms with Crippen LogP contribution < -0.4 is 4.74 Å². The zero-order chi connectivity index (χ0) is 19.0. The second kappa shape index (κ2) is 6.79. The fraction of sp³-hybridized carbons (Fsp3) is 0.250. The number of carbonyl (C=O) groups excluding carboxylic acids is 1. The van der Waals surface area contributed by atoms with Crippen LogP contribution in [0, 0.1) is 0 Å². The van der Waals surface area contributed by atoms with E-state index in [1.54, 1.807) is 6.20 Å². The highest BCUT2D eigenvalue weighted by atomic mass is 16.5. The summed E-state index contributed by atoms with van der Waals surface area (Å²) in [6.07, 6.45) is 10.5. The Balaban J connectivity index is 1.39. The van der Waals surface area contributed by atoms with E-state index >= 15 is 0 Å². The molecule has 1 amide bonds. The van der Waals surface area contributed by atoms with Crippen molar-refractivity contribution >= 4 is 22.8 Å². The van der Waals surface area contributed by atoms with Crippen molar-refractivity contribution in [1.82, 2.24) is 9.88 Å². The van der Waals surface area contributed by atoms with Crippen LogP contribution >= 0.6 is 0 Å². The van der Waals surface area contributed by atoms with Gasteiger partial charge in [0.15, 0.2) is 0 Å². The Morgan fingerprint density at radius 1 is 1.04 bits per heavy atom. The molecular formula is C24H22N2O2. The van der Waals surface area contributed by atoms with Gasteiger partial charge in [0, 0.05) is 48.4 Å². The standard InChI is InChI=1S/C24H22N2O2/c27-23(21-7-3-6-19-17-25-14-10-20(19)21)26-15-4-11-24(13-16-26)12-9-18-5-1-2-8-22(18)28-24/h1-3,5-10,12,14,17H,4,11,13,15-16H2. The van der Waals surface area contributed by atoms with Crippen LogP contribution in [0.1, 0.15) is 35.2 Å². The number of rotatable bonds is 1. The van der Waals surface area contributed by atoms with Crippen molar-refractivity contribution in [3.8, 4) is 5.75 Å².